The number of urea groups is 1. The average molecular weight is 966 g/mol. The van der Waals surface area contributed by atoms with E-state index in [4.69, 9.17) is 24.7 Å². The molecule has 3 aliphatic heterocycles. The van der Waals surface area contributed by atoms with Crippen LogP contribution in [-0.4, -0.2) is 186 Å². The van der Waals surface area contributed by atoms with E-state index in [2.05, 4.69) is 5.32 Å². The van der Waals surface area contributed by atoms with E-state index in [1.165, 1.54) is 19.0 Å². The van der Waals surface area contributed by atoms with Crippen molar-refractivity contribution >= 4 is 12.0 Å². The Labute approximate surface area is 400 Å². The minimum Gasteiger partial charge on any atom is -0.462 e. The molecule has 6 unspecified atom stereocenters. The molecule has 2 amide bonds. The van der Waals surface area contributed by atoms with Crippen molar-refractivity contribution in [2.45, 2.75) is 183 Å². The third-order valence-corrected chi connectivity index (χ3v) is 12.4. The van der Waals surface area contributed by atoms with Crippen LogP contribution < -0.4 is 11.1 Å². The normalized spacial score (nSPS) is 43.9. The minimum atomic E-state index is -2.23. The second kappa shape index (κ2) is 28.9. The molecule has 3 aliphatic rings. The van der Waals surface area contributed by atoms with E-state index in [1.54, 1.807) is 63.3 Å². The van der Waals surface area contributed by atoms with Crippen LogP contribution in [0.1, 0.15) is 79.1 Å². The van der Waals surface area contributed by atoms with Gasteiger partial charge in [0.2, 0.25) is 0 Å². The number of nitrogens with one attached hydrogen (secondary N) is 1. The molecule has 0 aromatic heterocycles. The summed E-state index contributed by atoms with van der Waals surface area (Å²) < 4.78 is 23.7. The molecule has 0 aliphatic carbocycles. The van der Waals surface area contributed by atoms with Crippen LogP contribution in [0, 0.1) is 11.8 Å². The number of esters is 1. The van der Waals surface area contributed by atoms with Crippen molar-refractivity contribution in [3.05, 3.63) is 85.1 Å². The van der Waals surface area contributed by atoms with Gasteiger partial charge in [-0.1, -0.05) is 98.9 Å². The van der Waals surface area contributed by atoms with Crippen molar-refractivity contribution in [1.82, 2.24) is 10.2 Å². The van der Waals surface area contributed by atoms with E-state index in [9.17, 15) is 60.7 Å². The molecular formula is C49H79N3O16. The van der Waals surface area contributed by atoms with Crippen LogP contribution in [0.2, 0.25) is 0 Å². The Balaban J connectivity index is 1.91. The largest absolute Gasteiger partial charge is 0.462 e. The van der Waals surface area contributed by atoms with Crippen LogP contribution in [0.25, 0.3) is 0 Å². The SMILES string of the molecule is CC1O[C@@H](OC2/C=C/C=C/C=C/C=C/C=C/C=C/C=C/[C@H](C)[C@@H](O)[C@@H](C)[C@H](C)OC(=O)CC(O)CC(O)CC[C@@H](O)C(O)CC(O)C[C@]3(O)C[C@H](O)[C@@H](NC(=O)N(C)C)[C@H](C2)O3)[C@@H](O)[C@@H](N)[C@@H]1O. The number of hydrogen-bond donors (Lipinski definition) is 12. The summed E-state index contributed by atoms with van der Waals surface area (Å²) in [4.78, 5) is 26.8. The molecule has 2 fully saturated rings. The van der Waals surface area contributed by atoms with Gasteiger partial charge in [-0.15, -0.1) is 0 Å². The van der Waals surface area contributed by atoms with Gasteiger partial charge in [-0.25, -0.2) is 4.79 Å². The molecule has 0 aromatic carbocycles. The summed E-state index contributed by atoms with van der Waals surface area (Å²) in [5.74, 6) is -3.68. The van der Waals surface area contributed by atoms with Gasteiger partial charge in [0.05, 0.1) is 85.6 Å². The first-order chi connectivity index (χ1) is 32.0. The number of allylic oxidation sites excluding steroid dienone is 12. The molecule has 19 heteroatoms. The summed E-state index contributed by atoms with van der Waals surface area (Å²) in [6.45, 7) is 6.80. The molecule has 68 heavy (non-hydrogen) atoms. The molecule has 0 radical (unpaired) electrons. The number of aliphatic hydroxyl groups is 10. The van der Waals surface area contributed by atoms with E-state index < -0.39 is 147 Å². The topological polar surface area (TPSA) is 315 Å². The second-order valence-corrected chi connectivity index (χ2v) is 18.6. The number of ether oxygens (including phenoxy) is 4. The number of amides is 2. The van der Waals surface area contributed by atoms with Crippen molar-refractivity contribution in [2.75, 3.05) is 14.1 Å². The van der Waals surface area contributed by atoms with Crippen molar-refractivity contribution in [1.29, 1.82) is 0 Å². The van der Waals surface area contributed by atoms with E-state index in [0.29, 0.717) is 0 Å². The first kappa shape index (κ1) is 58.7. The Hall–Kier alpha value is -3.64. The maximum Gasteiger partial charge on any atom is 0.317 e. The van der Waals surface area contributed by atoms with Gasteiger partial charge >= 0.3 is 12.0 Å². The standard InChI is InChI=1S/C49H79N3O16/c1-29-19-17-15-13-11-9-7-8-10-12-14-16-18-20-36(67-47-46(62)42(50)45(61)32(4)66-47)26-40-43(51-48(63)52(5)6)39(58)28-49(64,68-40)27-35(55)24-38(57)37(56)22-21-33(53)23-34(54)25-41(59)65-31(3)30(2)44(29)60/h7-20,29-40,42-47,53-58,60-62,64H,21-28,50H2,1-6H3,(H,51,63)/b8-7+,11-9+,12-10+,15-13+,16-14+,19-17+,20-18+/t29-,30-,31-,32?,33?,34?,35?,36?,37+,38?,39-,40-,42-,43+,44+,45+,46-,47-,49+/m0/s1. The summed E-state index contributed by atoms with van der Waals surface area (Å²) in [5.41, 5.74) is 6.09. The highest BCUT2D eigenvalue weighted by Gasteiger charge is 2.49. The van der Waals surface area contributed by atoms with Crippen LogP contribution in [0.4, 0.5) is 4.79 Å². The predicted molar refractivity (Wildman–Crippen MR) is 252 cm³/mol. The van der Waals surface area contributed by atoms with Gasteiger partial charge in [0.15, 0.2) is 12.1 Å². The van der Waals surface area contributed by atoms with Gasteiger partial charge in [0.1, 0.15) is 12.2 Å². The number of nitrogens with two attached hydrogens (primary N) is 1. The number of rotatable bonds is 3. The number of carbonyl (C=O) groups is 2. The summed E-state index contributed by atoms with van der Waals surface area (Å²) in [7, 11) is 2.99. The summed E-state index contributed by atoms with van der Waals surface area (Å²) in [5, 5.41) is 112. The summed E-state index contributed by atoms with van der Waals surface area (Å²) >= 11 is 0. The molecule has 19 nitrogen and oxygen atoms in total. The number of nitrogens with zero attached hydrogens (tertiary/aromatic N) is 1. The van der Waals surface area contributed by atoms with E-state index in [1.807, 2.05) is 49.5 Å². The highest BCUT2D eigenvalue weighted by Crippen LogP contribution is 2.35. The Bertz CT molecular complexity index is 1740. The monoisotopic (exact) mass is 966 g/mol. The highest BCUT2D eigenvalue weighted by atomic mass is 16.7. The fraction of sp³-hybridized carbons (Fsp3) is 0.673. The lowest BCUT2D eigenvalue weighted by molar-refractivity contribution is -0.303. The third kappa shape index (κ3) is 19.6. The van der Waals surface area contributed by atoms with E-state index in [-0.39, 0.29) is 31.6 Å². The maximum absolute atomic E-state index is 12.9. The number of hydrogen-bond acceptors (Lipinski definition) is 17. The van der Waals surface area contributed by atoms with Crippen LogP contribution in [-0.2, 0) is 23.7 Å². The van der Waals surface area contributed by atoms with Crippen LogP contribution >= 0.6 is 0 Å². The van der Waals surface area contributed by atoms with Crippen molar-refractivity contribution in [3.63, 3.8) is 0 Å². The van der Waals surface area contributed by atoms with Gasteiger partial charge in [-0.2, -0.15) is 0 Å². The Kier molecular flexibility index (Phi) is 24.9. The highest BCUT2D eigenvalue weighted by molar-refractivity contribution is 5.74. The van der Waals surface area contributed by atoms with Gasteiger partial charge in [0, 0.05) is 51.6 Å². The lowest BCUT2D eigenvalue weighted by Gasteiger charge is -2.46. The van der Waals surface area contributed by atoms with Crippen LogP contribution in [0.15, 0.2) is 85.1 Å². The zero-order chi connectivity index (χ0) is 50.7. The summed E-state index contributed by atoms with van der Waals surface area (Å²) in [6, 6.07) is -2.84. The zero-order valence-corrected chi connectivity index (χ0v) is 40.1. The smallest absolute Gasteiger partial charge is 0.317 e. The van der Waals surface area contributed by atoms with Crippen LogP contribution in [0.5, 0.6) is 0 Å². The van der Waals surface area contributed by atoms with Crippen molar-refractivity contribution in [2.24, 2.45) is 17.6 Å². The van der Waals surface area contributed by atoms with Gasteiger partial charge in [-0.3, -0.25) is 4.79 Å². The number of aliphatic hydroxyl groups excluding tert-OH is 9. The predicted octanol–water partition coefficient (Wildman–Crippen LogP) is 0.651. The average Bonchev–Trinajstić information content (AvgIpc) is 3.26. The maximum atomic E-state index is 12.9. The first-order valence-corrected chi connectivity index (χ1v) is 23.5. The molecule has 19 atom stereocenters. The molecule has 2 bridgehead atoms. The molecule has 0 saturated carbocycles. The fourth-order valence-electron chi connectivity index (χ4n) is 8.11. The van der Waals surface area contributed by atoms with Gasteiger partial charge in [-0.05, 0) is 33.1 Å². The number of cyclic esters (lactones) is 1. The van der Waals surface area contributed by atoms with Crippen LogP contribution in [0.3, 0.4) is 0 Å². The molecule has 0 spiro atoms. The fourth-order valence-corrected chi connectivity index (χ4v) is 8.11. The van der Waals surface area contributed by atoms with Crippen molar-refractivity contribution in [3.8, 4) is 0 Å². The molecule has 0 aromatic rings. The number of fused-ring (bicyclic) bond motifs is 2. The van der Waals surface area contributed by atoms with Gasteiger partial charge in [0.25, 0.3) is 0 Å². The third-order valence-electron chi connectivity index (χ3n) is 12.4. The molecule has 3 heterocycles. The van der Waals surface area contributed by atoms with E-state index in [0.717, 1.165) is 0 Å². The quantitative estimate of drug-likeness (QED) is 0.173. The zero-order valence-electron chi connectivity index (χ0n) is 40.1. The minimum absolute atomic E-state index is 0.0898. The second-order valence-electron chi connectivity index (χ2n) is 18.6. The molecular weight excluding hydrogens is 887 g/mol. The van der Waals surface area contributed by atoms with Crippen molar-refractivity contribution < 1.29 is 79.6 Å². The Morgan fingerprint density at radius 1 is 0.691 bits per heavy atom. The lowest BCUT2D eigenvalue weighted by Crippen LogP contribution is -2.63. The first-order valence-electron chi connectivity index (χ1n) is 23.5. The van der Waals surface area contributed by atoms with E-state index >= 15 is 0 Å². The molecule has 3 rings (SSSR count). The summed E-state index contributed by atoms with van der Waals surface area (Å²) in [6.07, 6.45) is 5.22. The molecule has 2 saturated heterocycles. The molecule has 386 valence electrons. The van der Waals surface area contributed by atoms with Gasteiger partial charge < -0.3 is 86.0 Å². The number of carbonyl (C=O) groups excluding carboxylic acids is 2. The Morgan fingerprint density at radius 3 is 1.85 bits per heavy atom. The molecule has 13 N–H and O–H groups in total. The lowest BCUT2D eigenvalue weighted by atomic mass is 9.87. The Morgan fingerprint density at radius 2 is 1.26 bits per heavy atom.